The maximum absolute atomic E-state index is 11.8. The first-order valence-corrected chi connectivity index (χ1v) is 10.1. The van der Waals surface area contributed by atoms with Gasteiger partial charge in [0.05, 0.1) is 11.5 Å². The summed E-state index contributed by atoms with van der Waals surface area (Å²) in [5.41, 5.74) is 7.90. The Kier molecular flexibility index (Phi) is 5.33. The number of amides is 1. The number of piperidine rings is 1. The molecule has 1 amide bonds. The van der Waals surface area contributed by atoms with E-state index < -0.39 is 0 Å². The molecule has 1 aliphatic carbocycles. The standard InChI is InChI=1S/C21H26N6O2/c1-13(28)18-11-23-21(26-20(18)24-15-4-5-15)25-16-6-8-17(9-7-16)27-10-2-3-14(12-27)19(22)29/h6-9,11,14-15H,2-5,10,12H2,1H3,(H2,22,29)(H2,23,24,25,26)/t14-/m1/s1. The van der Waals surface area contributed by atoms with Crippen molar-refractivity contribution in [3.63, 3.8) is 0 Å². The number of rotatable bonds is 7. The molecule has 2 heterocycles. The van der Waals surface area contributed by atoms with Gasteiger partial charge in [-0.15, -0.1) is 0 Å². The molecule has 1 saturated heterocycles. The highest BCUT2D eigenvalue weighted by Gasteiger charge is 2.25. The van der Waals surface area contributed by atoms with Crippen LogP contribution in [0.5, 0.6) is 0 Å². The fourth-order valence-corrected chi connectivity index (χ4v) is 3.56. The molecular formula is C21H26N6O2. The third kappa shape index (κ3) is 4.64. The summed E-state index contributed by atoms with van der Waals surface area (Å²) in [6, 6.07) is 8.33. The second-order valence-corrected chi connectivity index (χ2v) is 7.79. The van der Waals surface area contributed by atoms with Gasteiger partial charge in [-0.05, 0) is 56.9 Å². The number of nitrogens with zero attached hydrogens (tertiary/aromatic N) is 3. The predicted molar refractivity (Wildman–Crippen MR) is 113 cm³/mol. The van der Waals surface area contributed by atoms with Gasteiger partial charge in [-0.2, -0.15) is 4.98 Å². The lowest BCUT2D eigenvalue weighted by atomic mass is 9.97. The van der Waals surface area contributed by atoms with Crippen LogP contribution in [0.25, 0.3) is 0 Å². The Morgan fingerprint density at radius 1 is 1.17 bits per heavy atom. The van der Waals surface area contributed by atoms with E-state index in [4.69, 9.17) is 5.73 Å². The number of benzene rings is 1. The van der Waals surface area contributed by atoms with Crippen molar-refractivity contribution in [2.75, 3.05) is 28.6 Å². The van der Waals surface area contributed by atoms with Crippen molar-refractivity contribution in [2.45, 2.75) is 38.6 Å². The van der Waals surface area contributed by atoms with Gasteiger partial charge in [-0.3, -0.25) is 9.59 Å². The average Bonchev–Trinajstić information content (AvgIpc) is 3.53. The van der Waals surface area contributed by atoms with Crippen molar-refractivity contribution in [3.05, 3.63) is 36.0 Å². The van der Waals surface area contributed by atoms with Gasteiger partial charge in [-0.25, -0.2) is 4.98 Å². The van der Waals surface area contributed by atoms with Crippen molar-refractivity contribution < 1.29 is 9.59 Å². The van der Waals surface area contributed by atoms with Crippen LogP contribution >= 0.6 is 0 Å². The van der Waals surface area contributed by atoms with Crippen molar-refractivity contribution >= 4 is 34.8 Å². The molecular weight excluding hydrogens is 368 g/mol. The smallest absolute Gasteiger partial charge is 0.229 e. The highest BCUT2D eigenvalue weighted by Crippen LogP contribution is 2.28. The molecule has 2 aromatic rings. The number of nitrogens with one attached hydrogen (secondary N) is 2. The van der Waals surface area contributed by atoms with Gasteiger partial charge < -0.3 is 21.3 Å². The average molecular weight is 394 g/mol. The monoisotopic (exact) mass is 394 g/mol. The number of hydrogen-bond donors (Lipinski definition) is 3. The number of anilines is 4. The molecule has 0 bridgehead atoms. The van der Waals surface area contributed by atoms with Crippen LogP contribution < -0.4 is 21.3 Å². The van der Waals surface area contributed by atoms with E-state index in [0.29, 0.717) is 29.9 Å². The zero-order valence-electron chi connectivity index (χ0n) is 16.5. The number of carbonyl (C=O) groups excluding carboxylic acids is 2. The summed E-state index contributed by atoms with van der Waals surface area (Å²) in [5, 5.41) is 6.50. The van der Waals surface area contributed by atoms with Crippen LogP contribution in [0.4, 0.5) is 23.1 Å². The third-order valence-electron chi connectivity index (χ3n) is 5.40. The van der Waals surface area contributed by atoms with E-state index in [-0.39, 0.29) is 17.6 Å². The normalized spacial score (nSPS) is 18.9. The zero-order valence-corrected chi connectivity index (χ0v) is 16.5. The molecule has 1 aromatic heterocycles. The first kappa shape index (κ1) is 19.2. The maximum Gasteiger partial charge on any atom is 0.229 e. The first-order chi connectivity index (χ1) is 14.0. The molecule has 4 rings (SSSR count). The molecule has 1 aliphatic heterocycles. The molecule has 1 saturated carbocycles. The largest absolute Gasteiger partial charge is 0.371 e. The summed E-state index contributed by atoms with van der Waals surface area (Å²) < 4.78 is 0. The van der Waals surface area contributed by atoms with Crippen LogP contribution in [-0.2, 0) is 4.79 Å². The predicted octanol–water partition coefficient (Wildman–Crippen LogP) is 2.70. The topological polar surface area (TPSA) is 113 Å². The molecule has 8 nitrogen and oxygen atoms in total. The Labute approximate surface area is 169 Å². The Balaban J connectivity index is 1.46. The number of Topliss-reactive ketones (excluding diaryl/α,β-unsaturated/α-hetero) is 1. The number of aromatic nitrogens is 2. The molecule has 29 heavy (non-hydrogen) atoms. The highest BCUT2D eigenvalue weighted by molar-refractivity contribution is 5.98. The molecule has 8 heteroatoms. The molecule has 1 aromatic carbocycles. The Morgan fingerprint density at radius 3 is 2.59 bits per heavy atom. The second kappa shape index (κ2) is 8.06. The van der Waals surface area contributed by atoms with E-state index in [1.807, 2.05) is 24.3 Å². The van der Waals surface area contributed by atoms with Crippen LogP contribution in [0, 0.1) is 5.92 Å². The minimum atomic E-state index is -0.227. The first-order valence-electron chi connectivity index (χ1n) is 10.1. The second-order valence-electron chi connectivity index (χ2n) is 7.79. The minimum Gasteiger partial charge on any atom is -0.371 e. The molecule has 0 unspecified atom stereocenters. The van der Waals surface area contributed by atoms with Gasteiger partial charge in [0.2, 0.25) is 11.9 Å². The summed E-state index contributed by atoms with van der Waals surface area (Å²) in [4.78, 5) is 34.3. The van der Waals surface area contributed by atoms with E-state index in [0.717, 1.165) is 43.6 Å². The third-order valence-corrected chi connectivity index (χ3v) is 5.40. The fraction of sp³-hybridized carbons (Fsp3) is 0.429. The van der Waals surface area contributed by atoms with E-state index in [2.05, 4.69) is 25.5 Å². The minimum absolute atomic E-state index is 0.0557. The Morgan fingerprint density at radius 2 is 1.93 bits per heavy atom. The van der Waals surface area contributed by atoms with Crippen molar-refractivity contribution in [3.8, 4) is 0 Å². The summed E-state index contributed by atoms with van der Waals surface area (Å²) in [6.07, 6.45) is 5.57. The lowest BCUT2D eigenvalue weighted by Gasteiger charge is -2.33. The molecule has 0 spiro atoms. The molecule has 0 radical (unpaired) electrons. The van der Waals surface area contributed by atoms with E-state index in [1.165, 1.54) is 6.92 Å². The number of hydrogen-bond acceptors (Lipinski definition) is 7. The van der Waals surface area contributed by atoms with Crippen LogP contribution in [-0.4, -0.2) is 40.8 Å². The van der Waals surface area contributed by atoms with Crippen molar-refractivity contribution in [1.29, 1.82) is 0 Å². The summed E-state index contributed by atoms with van der Waals surface area (Å²) in [5.74, 6) is 0.652. The fourth-order valence-electron chi connectivity index (χ4n) is 3.56. The van der Waals surface area contributed by atoms with Crippen LogP contribution in [0.15, 0.2) is 30.5 Å². The Bertz CT molecular complexity index is 910. The van der Waals surface area contributed by atoms with Gasteiger partial charge in [0.1, 0.15) is 5.82 Å². The van der Waals surface area contributed by atoms with Gasteiger partial charge in [0.15, 0.2) is 5.78 Å². The molecule has 2 aliphatic rings. The summed E-state index contributed by atoms with van der Waals surface area (Å²) in [7, 11) is 0. The van der Waals surface area contributed by atoms with Crippen LogP contribution in [0.1, 0.15) is 43.0 Å². The van der Waals surface area contributed by atoms with Crippen LogP contribution in [0.3, 0.4) is 0 Å². The van der Waals surface area contributed by atoms with E-state index in [1.54, 1.807) is 6.20 Å². The molecule has 2 fully saturated rings. The number of carbonyl (C=O) groups is 2. The van der Waals surface area contributed by atoms with Crippen molar-refractivity contribution in [2.24, 2.45) is 11.7 Å². The van der Waals surface area contributed by atoms with E-state index >= 15 is 0 Å². The molecule has 152 valence electrons. The number of primary amides is 1. The SMILES string of the molecule is CC(=O)c1cnc(Nc2ccc(N3CCC[C@@H](C(N)=O)C3)cc2)nc1NC1CC1. The summed E-state index contributed by atoms with van der Waals surface area (Å²) >= 11 is 0. The highest BCUT2D eigenvalue weighted by atomic mass is 16.1. The molecule has 4 N–H and O–H groups in total. The quantitative estimate of drug-likeness (QED) is 0.619. The molecule has 1 atom stereocenters. The van der Waals surface area contributed by atoms with Gasteiger partial charge in [0, 0.05) is 36.7 Å². The number of ketones is 1. The lowest BCUT2D eigenvalue weighted by Crippen LogP contribution is -2.41. The van der Waals surface area contributed by atoms with Gasteiger partial charge in [0.25, 0.3) is 0 Å². The van der Waals surface area contributed by atoms with Gasteiger partial charge >= 0.3 is 0 Å². The van der Waals surface area contributed by atoms with Gasteiger partial charge in [-0.1, -0.05) is 0 Å². The lowest BCUT2D eigenvalue weighted by molar-refractivity contribution is -0.122. The summed E-state index contributed by atoms with van der Waals surface area (Å²) in [6.45, 7) is 3.10. The van der Waals surface area contributed by atoms with Crippen LogP contribution in [0.2, 0.25) is 0 Å². The van der Waals surface area contributed by atoms with E-state index in [9.17, 15) is 9.59 Å². The Hall–Kier alpha value is -3.16. The maximum atomic E-state index is 11.8. The zero-order chi connectivity index (χ0) is 20.4. The number of nitrogens with two attached hydrogens (primary N) is 1. The van der Waals surface area contributed by atoms with Crippen molar-refractivity contribution in [1.82, 2.24) is 9.97 Å².